The summed E-state index contributed by atoms with van der Waals surface area (Å²) in [6, 6.07) is 10.2. The molecule has 1 aromatic heterocycles. The number of amides is 2. The number of carbonyl (C=O) groups is 2. The van der Waals surface area contributed by atoms with Gasteiger partial charge in [-0.3, -0.25) is 14.5 Å². The normalized spacial score (nSPS) is 13.1. The standard InChI is InChI=1S/C19H13Cl2N3O3S/c20-12-4-13(21)6-14(5-12)23-18(25)7-24-16-3-11(15-9-28-10-22-15)1-2-17(16)27-8-19(24)26/h1-6,9-10H,7-8H2,(H,23,25). The van der Waals surface area contributed by atoms with E-state index in [-0.39, 0.29) is 25.0 Å². The van der Waals surface area contributed by atoms with Gasteiger partial charge >= 0.3 is 0 Å². The molecule has 1 N–H and O–H groups in total. The fourth-order valence-electron chi connectivity index (χ4n) is 2.86. The highest BCUT2D eigenvalue weighted by Gasteiger charge is 2.28. The zero-order valence-corrected chi connectivity index (χ0v) is 16.6. The number of nitrogens with zero attached hydrogens (tertiary/aromatic N) is 2. The van der Waals surface area contributed by atoms with E-state index in [9.17, 15) is 9.59 Å². The van der Waals surface area contributed by atoms with E-state index < -0.39 is 0 Å². The van der Waals surface area contributed by atoms with Crippen molar-refractivity contribution in [2.75, 3.05) is 23.4 Å². The second kappa shape index (κ2) is 7.79. The molecule has 0 radical (unpaired) electrons. The van der Waals surface area contributed by atoms with Crippen molar-refractivity contribution in [2.45, 2.75) is 0 Å². The molecule has 1 aliphatic heterocycles. The molecule has 28 heavy (non-hydrogen) atoms. The largest absolute Gasteiger partial charge is 0.482 e. The molecule has 0 aliphatic carbocycles. The molecule has 2 amide bonds. The molecule has 0 fully saturated rings. The molecule has 0 atom stereocenters. The van der Waals surface area contributed by atoms with Gasteiger partial charge in [-0.05, 0) is 36.4 Å². The van der Waals surface area contributed by atoms with Crippen molar-refractivity contribution < 1.29 is 14.3 Å². The summed E-state index contributed by atoms with van der Waals surface area (Å²) in [6.45, 7) is -0.292. The number of fused-ring (bicyclic) bond motifs is 1. The van der Waals surface area contributed by atoms with E-state index in [0.717, 1.165) is 11.3 Å². The molecular weight excluding hydrogens is 421 g/mol. The van der Waals surface area contributed by atoms with Crippen LogP contribution in [0.25, 0.3) is 11.3 Å². The van der Waals surface area contributed by atoms with Crippen LogP contribution >= 0.6 is 34.5 Å². The minimum atomic E-state index is -0.376. The Morgan fingerprint density at radius 3 is 2.71 bits per heavy atom. The van der Waals surface area contributed by atoms with Gasteiger partial charge in [0.25, 0.3) is 5.91 Å². The third-order valence-corrected chi connectivity index (χ3v) is 5.10. The third kappa shape index (κ3) is 3.96. The molecule has 1 aliphatic rings. The Morgan fingerprint density at radius 2 is 2.00 bits per heavy atom. The first-order valence-corrected chi connectivity index (χ1v) is 9.91. The number of carbonyl (C=O) groups excluding carboxylic acids is 2. The first-order valence-electron chi connectivity index (χ1n) is 8.21. The summed E-state index contributed by atoms with van der Waals surface area (Å²) >= 11 is 13.4. The van der Waals surface area contributed by atoms with Crippen LogP contribution < -0.4 is 15.0 Å². The molecule has 0 saturated carbocycles. The van der Waals surface area contributed by atoms with Crippen LogP contribution in [0.1, 0.15) is 0 Å². The molecule has 3 aromatic rings. The molecule has 4 rings (SSSR count). The molecular formula is C19H13Cl2N3O3S. The van der Waals surface area contributed by atoms with Gasteiger partial charge < -0.3 is 10.1 Å². The zero-order chi connectivity index (χ0) is 19.7. The molecule has 6 nitrogen and oxygen atoms in total. The van der Waals surface area contributed by atoms with E-state index in [1.165, 1.54) is 16.2 Å². The first-order chi connectivity index (χ1) is 13.5. The smallest absolute Gasteiger partial charge is 0.265 e. The maximum Gasteiger partial charge on any atom is 0.265 e. The van der Waals surface area contributed by atoms with Crippen molar-refractivity contribution in [2.24, 2.45) is 0 Å². The monoisotopic (exact) mass is 433 g/mol. The van der Waals surface area contributed by atoms with Crippen molar-refractivity contribution in [3.05, 3.63) is 57.3 Å². The van der Waals surface area contributed by atoms with Gasteiger partial charge in [-0.1, -0.05) is 23.2 Å². The first kappa shape index (κ1) is 18.7. The van der Waals surface area contributed by atoms with Gasteiger partial charge in [0.1, 0.15) is 12.3 Å². The van der Waals surface area contributed by atoms with Gasteiger partial charge in [-0.15, -0.1) is 11.3 Å². The summed E-state index contributed by atoms with van der Waals surface area (Å²) in [5.41, 5.74) is 4.35. The number of aromatic nitrogens is 1. The number of hydrogen-bond donors (Lipinski definition) is 1. The fourth-order valence-corrected chi connectivity index (χ4v) is 3.95. The second-order valence-electron chi connectivity index (χ2n) is 6.03. The van der Waals surface area contributed by atoms with E-state index in [2.05, 4.69) is 10.3 Å². The van der Waals surface area contributed by atoms with Crippen LogP contribution in [0.2, 0.25) is 10.0 Å². The topological polar surface area (TPSA) is 71.5 Å². The Bertz CT molecular complexity index is 1040. The van der Waals surface area contributed by atoms with E-state index in [1.54, 1.807) is 35.8 Å². The molecule has 2 heterocycles. The number of benzene rings is 2. The fraction of sp³-hybridized carbons (Fsp3) is 0.105. The lowest BCUT2D eigenvalue weighted by Gasteiger charge is -2.29. The summed E-state index contributed by atoms with van der Waals surface area (Å²) in [5.74, 6) is -0.141. The van der Waals surface area contributed by atoms with Crippen LogP contribution in [0, 0.1) is 0 Å². The average Bonchev–Trinajstić information content (AvgIpc) is 3.17. The van der Waals surface area contributed by atoms with Crippen molar-refractivity contribution in [1.82, 2.24) is 4.98 Å². The van der Waals surface area contributed by atoms with Crippen LogP contribution in [0.5, 0.6) is 5.75 Å². The van der Waals surface area contributed by atoms with Crippen LogP contribution in [-0.2, 0) is 9.59 Å². The Hall–Kier alpha value is -2.61. The third-order valence-electron chi connectivity index (χ3n) is 4.08. The molecule has 0 unspecified atom stereocenters. The number of thiazole rings is 1. The minimum absolute atomic E-state index is 0.126. The lowest BCUT2D eigenvalue weighted by molar-refractivity contribution is -0.123. The quantitative estimate of drug-likeness (QED) is 0.658. The number of ether oxygens (including phenoxy) is 1. The van der Waals surface area contributed by atoms with Gasteiger partial charge in [0.15, 0.2) is 6.61 Å². The van der Waals surface area contributed by atoms with Gasteiger partial charge in [0.2, 0.25) is 5.91 Å². The molecule has 0 saturated heterocycles. The van der Waals surface area contributed by atoms with Crippen molar-refractivity contribution in [3.8, 4) is 17.0 Å². The van der Waals surface area contributed by atoms with Crippen LogP contribution in [0.15, 0.2) is 47.3 Å². The van der Waals surface area contributed by atoms with Gasteiger partial charge in [-0.2, -0.15) is 0 Å². The Kier molecular flexibility index (Phi) is 5.21. The highest BCUT2D eigenvalue weighted by atomic mass is 35.5. The molecule has 0 spiro atoms. The average molecular weight is 434 g/mol. The van der Waals surface area contributed by atoms with Crippen molar-refractivity contribution in [3.63, 3.8) is 0 Å². The van der Waals surface area contributed by atoms with Crippen molar-refractivity contribution in [1.29, 1.82) is 0 Å². The summed E-state index contributed by atoms with van der Waals surface area (Å²) in [7, 11) is 0. The summed E-state index contributed by atoms with van der Waals surface area (Å²) in [6.07, 6.45) is 0. The van der Waals surface area contributed by atoms with E-state index in [0.29, 0.717) is 27.2 Å². The Labute approximate surface area is 174 Å². The number of anilines is 2. The highest BCUT2D eigenvalue weighted by Crippen LogP contribution is 2.36. The van der Waals surface area contributed by atoms with E-state index in [1.807, 2.05) is 11.4 Å². The van der Waals surface area contributed by atoms with Gasteiger partial charge in [0, 0.05) is 26.7 Å². The lowest BCUT2D eigenvalue weighted by Crippen LogP contribution is -2.43. The van der Waals surface area contributed by atoms with Gasteiger partial charge in [-0.25, -0.2) is 4.98 Å². The predicted octanol–water partition coefficient (Wildman–Crippen LogP) is 4.48. The highest BCUT2D eigenvalue weighted by molar-refractivity contribution is 7.07. The molecule has 2 aromatic carbocycles. The number of hydrogen-bond acceptors (Lipinski definition) is 5. The number of rotatable bonds is 4. The van der Waals surface area contributed by atoms with E-state index in [4.69, 9.17) is 27.9 Å². The summed E-state index contributed by atoms with van der Waals surface area (Å²) in [5, 5.41) is 5.43. The van der Waals surface area contributed by atoms with E-state index >= 15 is 0 Å². The van der Waals surface area contributed by atoms with Gasteiger partial charge in [0.05, 0.1) is 16.9 Å². The molecule has 0 bridgehead atoms. The van der Waals surface area contributed by atoms with Crippen molar-refractivity contribution >= 4 is 57.7 Å². The lowest BCUT2D eigenvalue weighted by atomic mass is 10.1. The SMILES string of the molecule is O=C(CN1C(=O)COc2ccc(-c3cscn3)cc21)Nc1cc(Cl)cc(Cl)c1. The summed E-state index contributed by atoms with van der Waals surface area (Å²) < 4.78 is 5.49. The molecule has 142 valence electrons. The second-order valence-corrected chi connectivity index (χ2v) is 7.62. The number of halogens is 2. The molecule has 9 heteroatoms. The minimum Gasteiger partial charge on any atom is -0.482 e. The zero-order valence-electron chi connectivity index (χ0n) is 14.3. The maximum atomic E-state index is 12.5. The summed E-state index contributed by atoms with van der Waals surface area (Å²) in [4.78, 5) is 30.6. The Morgan fingerprint density at radius 1 is 1.21 bits per heavy atom. The Balaban J connectivity index is 1.58. The maximum absolute atomic E-state index is 12.5. The number of nitrogens with one attached hydrogen (secondary N) is 1. The predicted molar refractivity (Wildman–Crippen MR) is 110 cm³/mol. The van der Waals surface area contributed by atoms with Crippen LogP contribution in [-0.4, -0.2) is 29.9 Å². The van der Waals surface area contributed by atoms with Crippen LogP contribution in [0.4, 0.5) is 11.4 Å². The van der Waals surface area contributed by atoms with Crippen LogP contribution in [0.3, 0.4) is 0 Å².